The lowest BCUT2D eigenvalue weighted by Crippen LogP contribution is -2.39. The van der Waals surface area contributed by atoms with Crippen molar-refractivity contribution in [3.8, 4) is 0 Å². The van der Waals surface area contributed by atoms with Crippen molar-refractivity contribution >= 4 is 16.9 Å². The molecular weight excluding hydrogens is 400 g/mol. The zero-order valence-electron chi connectivity index (χ0n) is 18.9. The van der Waals surface area contributed by atoms with Gasteiger partial charge in [0, 0.05) is 42.8 Å². The molecule has 3 aromatic rings. The maximum Gasteiger partial charge on any atom is 0.335 e. The predicted molar refractivity (Wildman–Crippen MR) is 126 cm³/mol. The molecule has 5 nitrogen and oxygen atoms in total. The highest BCUT2D eigenvalue weighted by molar-refractivity contribution is 5.88. The van der Waals surface area contributed by atoms with E-state index in [9.17, 15) is 9.90 Å². The van der Waals surface area contributed by atoms with Gasteiger partial charge in [0.15, 0.2) is 0 Å². The first-order valence-corrected chi connectivity index (χ1v) is 11.8. The van der Waals surface area contributed by atoms with Gasteiger partial charge in [0.05, 0.1) is 11.7 Å². The van der Waals surface area contributed by atoms with Gasteiger partial charge in [-0.25, -0.2) is 4.79 Å². The molecule has 2 aliphatic rings. The number of fused-ring (bicyclic) bond motifs is 1. The molecule has 0 bridgehead atoms. The van der Waals surface area contributed by atoms with Gasteiger partial charge in [0.2, 0.25) is 0 Å². The zero-order valence-corrected chi connectivity index (χ0v) is 18.9. The van der Waals surface area contributed by atoms with Crippen molar-refractivity contribution in [1.29, 1.82) is 0 Å². The first-order chi connectivity index (χ1) is 15.5. The topological polar surface area (TPSA) is 65.6 Å². The number of aromatic nitrogens is 1. The molecule has 2 aromatic carbocycles. The number of carboxylic acids is 1. The van der Waals surface area contributed by atoms with Gasteiger partial charge in [-0.05, 0) is 85.9 Å². The summed E-state index contributed by atoms with van der Waals surface area (Å²) in [5, 5.41) is 10.6. The monoisotopic (exact) mass is 432 g/mol. The second kappa shape index (κ2) is 8.72. The number of hydrogen-bond acceptors (Lipinski definition) is 3. The number of carbonyl (C=O) groups is 1. The van der Waals surface area contributed by atoms with Crippen molar-refractivity contribution in [3.05, 3.63) is 70.4 Å². The summed E-state index contributed by atoms with van der Waals surface area (Å²) in [6.45, 7) is 6.86. The van der Waals surface area contributed by atoms with E-state index in [1.54, 1.807) is 12.1 Å². The molecule has 2 fully saturated rings. The molecule has 0 amide bonds. The van der Waals surface area contributed by atoms with Gasteiger partial charge in [-0.2, -0.15) is 0 Å². The molecule has 0 spiro atoms. The summed E-state index contributed by atoms with van der Waals surface area (Å²) in [6, 6.07) is 12.3. The number of piperidine rings is 1. The van der Waals surface area contributed by atoms with Crippen LogP contribution < -0.4 is 0 Å². The van der Waals surface area contributed by atoms with E-state index in [-0.39, 0.29) is 12.1 Å². The predicted octanol–water partition coefficient (Wildman–Crippen LogP) is 5.79. The smallest absolute Gasteiger partial charge is 0.335 e. The molecule has 168 valence electrons. The van der Waals surface area contributed by atoms with Gasteiger partial charge in [0.25, 0.3) is 0 Å². The molecule has 1 saturated heterocycles. The molecule has 1 aliphatic heterocycles. The SMILES string of the molecule is CCO[C@H]1CCN(Cc2c(C3CC3)cc(C)c3[nH]ccc23)[C@H](c2ccc(C(=O)O)cc2)C1. The van der Waals surface area contributed by atoms with Crippen LogP contribution in [0, 0.1) is 6.92 Å². The molecule has 1 aromatic heterocycles. The Morgan fingerprint density at radius 3 is 2.66 bits per heavy atom. The molecule has 2 N–H and O–H groups in total. The summed E-state index contributed by atoms with van der Waals surface area (Å²) in [4.78, 5) is 17.4. The van der Waals surface area contributed by atoms with Crippen LogP contribution in [-0.2, 0) is 11.3 Å². The van der Waals surface area contributed by atoms with Crippen molar-refractivity contribution in [1.82, 2.24) is 9.88 Å². The molecule has 0 radical (unpaired) electrons. The van der Waals surface area contributed by atoms with Crippen molar-refractivity contribution < 1.29 is 14.6 Å². The first-order valence-electron chi connectivity index (χ1n) is 11.8. The lowest BCUT2D eigenvalue weighted by molar-refractivity contribution is -0.0137. The van der Waals surface area contributed by atoms with Crippen molar-refractivity contribution in [2.45, 2.75) is 64.1 Å². The summed E-state index contributed by atoms with van der Waals surface area (Å²) < 4.78 is 6.01. The lowest BCUT2D eigenvalue weighted by atomic mass is 9.90. The van der Waals surface area contributed by atoms with Crippen molar-refractivity contribution in [2.24, 2.45) is 0 Å². The minimum Gasteiger partial charge on any atom is -0.478 e. The van der Waals surface area contributed by atoms with E-state index in [0.29, 0.717) is 11.5 Å². The molecule has 1 aliphatic carbocycles. The first kappa shape index (κ1) is 21.2. The fraction of sp³-hybridized carbons (Fsp3) is 0.444. The van der Waals surface area contributed by atoms with Crippen LogP contribution in [0.15, 0.2) is 42.6 Å². The molecule has 32 heavy (non-hydrogen) atoms. The normalized spacial score (nSPS) is 21.8. The van der Waals surface area contributed by atoms with E-state index in [0.717, 1.165) is 32.5 Å². The summed E-state index contributed by atoms with van der Waals surface area (Å²) >= 11 is 0. The van der Waals surface area contributed by atoms with Crippen molar-refractivity contribution in [3.63, 3.8) is 0 Å². The number of aromatic amines is 1. The van der Waals surface area contributed by atoms with Crippen molar-refractivity contribution in [2.75, 3.05) is 13.2 Å². The number of nitrogens with zero attached hydrogens (tertiary/aromatic N) is 1. The van der Waals surface area contributed by atoms with Gasteiger partial charge >= 0.3 is 5.97 Å². The zero-order chi connectivity index (χ0) is 22.2. The third-order valence-corrected chi connectivity index (χ3v) is 7.18. The van der Waals surface area contributed by atoms with Crippen LogP contribution in [-0.4, -0.2) is 40.2 Å². The number of aromatic carboxylic acids is 1. The number of H-pyrrole nitrogens is 1. The van der Waals surface area contributed by atoms with E-state index in [1.165, 1.54) is 46.0 Å². The summed E-state index contributed by atoms with van der Waals surface area (Å²) in [6.07, 6.45) is 6.83. The Morgan fingerprint density at radius 2 is 1.97 bits per heavy atom. The highest BCUT2D eigenvalue weighted by atomic mass is 16.5. The Bertz CT molecular complexity index is 1110. The molecule has 5 heteroatoms. The number of nitrogens with one attached hydrogen (secondary N) is 1. The van der Waals surface area contributed by atoms with Gasteiger partial charge in [-0.15, -0.1) is 0 Å². The van der Waals surface area contributed by atoms with Crippen LogP contribution in [0.2, 0.25) is 0 Å². The number of ether oxygens (including phenoxy) is 1. The van der Waals surface area contributed by atoms with Crippen LogP contribution in [0.3, 0.4) is 0 Å². The number of aryl methyl sites for hydroxylation is 1. The second-order valence-electron chi connectivity index (χ2n) is 9.32. The van der Waals surface area contributed by atoms with Gasteiger partial charge in [0.1, 0.15) is 0 Å². The van der Waals surface area contributed by atoms with E-state index in [1.807, 2.05) is 12.1 Å². The number of hydrogen-bond donors (Lipinski definition) is 2. The lowest BCUT2D eigenvalue weighted by Gasteiger charge is -2.40. The average molecular weight is 433 g/mol. The Hall–Kier alpha value is -2.63. The van der Waals surface area contributed by atoms with E-state index < -0.39 is 5.97 Å². The Morgan fingerprint density at radius 1 is 1.19 bits per heavy atom. The number of carboxylic acid groups (broad SMARTS) is 1. The van der Waals surface area contributed by atoms with E-state index in [4.69, 9.17) is 4.74 Å². The number of benzene rings is 2. The third-order valence-electron chi connectivity index (χ3n) is 7.18. The minimum absolute atomic E-state index is 0.213. The largest absolute Gasteiger partial charge is 0.478 e. The molecular formula is C27H32N2O3. The summed E-state index contributed by atoms with van der Waals surface area (Å²) in [5.74, 6) is -0.190. The Labute approximate surface area is 189 Å². The summed E-state index contributed by atoms with van der Waals surface area (Å²) in [5.41, 5.74) is 7.05. The molecule has 2 atom stereocenters. The molecule has 2 heterocycles. The Kier molecular flexibility index (Phi) is 5.78. The average Bonchev–Trinajstić information content (AvgIpc) is 3.52. The van der Waals surface area contributed by atoms with Crippen LogP contribution in [0.5, 0.6) is 0 Å². The fourth-order valence-electron chi connectivity index (χ4n) is 5.39. The van der Waals surface area contributed by atoms with Gasteiger partial charge < -0.3 is 14.8 Å². The Balaban J connectivity index is 1.50. The van der Waals surface area contributed by atoms with Gasteiger partial charge in [-0.3, -0.25) is 4.90 Å². The second-order valence-corrected chi connectivity index (χ2v) is 9.32. The third kappa shape index (κ3) is 4.07. The van der Waals surface area contributed by atoms with Crippen LogP contribution in [0.4, 0.5) is 0 Å². The fourth-order valence-corrected chi connectivity index (χ4v) is 5.39. The van der Waals surface area contributed by atoms with Crippen LogP contribution in [0.1, 0.15) is 77.2 Å². The standard InChI is InChI=1S/C27H32N2O3/c1-3-32-21-11-13-29(25(15-21)19-6-8-20(9-7-19)27(30)31)16-24-22-10-12-28-26(22)17(2)14-23(24)18-4-5-18/h6-10,12,14,18,21,25,28H,3-5,11,13,15-16H2,1-2H3,(H,30,31)/t21-,25-/m0/s1. The number of rotatable bonds is 7. The highest BCUT2D eigenvalue weighted by Gasteiger charge is 2.33. The number of likely N-dealkylation sites (tertiary alicyclic amines) is 1. The van der Waals surface area contributed by atoms with Gasteiger partial charge in [-0.1, -0.05) is 18.2 Å². The van der Waals surface area contributed by atoms with Crippen LogP contribution >= 0.6 is 0 Å². The molecule has 0 unspecified atom stereocenters. The van der Waals surface area contributed by atoms with Crippen LogP contribution in [0.25, 0.3) is 10.9 Å². The summed E-state index contributed by atoms with van der Waals surface area (Å²) in [7, 11) is 0. The maximum absolute atomic E-state index is 11.3. The molecule has 5 rings (SSSR count). The highest BCUT2D eigenvalue weighted by Crippen LogP contribution is 2.45. The van der Waals surface area contributed by atoms with E-state index >= 15 is 0 Å². The maximum atomic E-state index is 11.3. The molecule has 1 saturated carbocycles. The van der Waals surface area contributed by atoms with E-state index in [2.05, 4.69) is 42.1 Å². The quantitative estimate of drug-likeness (QED) is 0.496. The minimum atomic E-state index is -0.882.